The summed E-state index contributed by atoms with van der Waals surface area (Å²) in [4.78, 5) is 3.93. The van der Waals surface area contributed by atoms with E-state index in [9.17, 15) is 13.2 Å². The van der Waals surface area contributed by atoms with Gasteiger partial charge < -0.3 is 4.74 Å². The molecule has 0 amide bonds. The number of nitrogens with zero attached hydrogens (tertiary/aromatic N) is 2. The minimum atomic E-state index is -0.979. The Morgan fingerprint density at radius 1 is 1.00 bits per heavy atom. The third kappa shape index (κ3) is 2.43. The topological polar surface area (TPSA) is 27.1 Å². The summed E-state index contributed by atoms with van der Waals surface area (Å²) in [5, 5.41) is 0. The van der Waals surface area contributed by atoms with Crippen LogP contribution in [0.4, 0.5) is 13.2 Å². The number of ether oxygens (including phenoxy) is 1. The maximum Gasteiger partial charge on any atom is 0.138 e. The fourth-order valence-corrected chi connectivity index (χ4v) is 2.22. The van der Waals surface area contributed by atoms with Crippen molar-refractivity contribution in [1.82, 2.24) is 9.55 Å². The molecule has 3 rings (SSSR count). The highest BCUT2D eigenvalue weighted by Gasteiger charge is 2.18. The first-order valence-electron chi connectivity index (χ1n) is 6.42. The molecule has 0 aliphatic carbocycles. The van der Waals surface area contributed by atoms with E-state index in [1.807, 2.05) is 0 Å². The molecule has 3 nitrogen and oxygen atoms in total. The van der Waals surface area contributed by atoms with E-state index in [1.54, 1.807) is 31.4 Å². The number of imidazole rings is 1. The lowest BCUT2D eigenvalue weighted by molar-refractivity contribution is 0.414. The molecule has 0 radical (unpaired) electrons. The van der Waals surface area contributed by atoms with Crippen molar-refractivity contribution in [2.45, 2.75) is 0 Å². The summed E-state index contributed by atoms with van der Waals surface area (Å²) in [6, 6.07) is 8.17. The van der Waals surface area contributed by atoms with Crippen LogP contribution in [-0.2, 0) is 0 Å². The highest BCUT2D eigenvalue weighted by atomic mass is 19.1. The van der Waals surface area contributed by atoms with Gasteiger partial charge in [-0.05, 0) is 24.3 Å². The zero-order chi connectivity index (χ0) is 15.7. The minimum Gasteiger partial charge on any atom is -0.497 e. The van der Waals surface area contributed by atoms with E-state index in [0.717, 1.165) is 0 Å². The Labute approximate surface area is 124 Å². The average Bonchev–Trinajstić information content (AvgIpc) is 2.95. The van der Waals surface area contributed by atoms with E-state index in [2.05, 4.69) is 4.98 Å². The van der Waals surface area contributed by atoms with Crippen molar-refractivity contribution in [2.75, 3.05) is 7.11 Å². The number of benzene rings is 2. The second-order valence-corrected chi connectivity index (χ2v) is 4.59. The van der Waals surface area contributed by atoms with Gasteiger partial charge in [0, 0.05) is 17.8 Å². The van der Waals surface area contributed by atoms with Gasteiger partial charge in [-0.25, -0.2) is 18.2 Å². The summed E-state index contributed by atoms with van der Waals surface area (Å²) in [7, 11) is 1.54. The molecule has 0 N–H and O–H groups in total. The number of aromatic nitrogens is 2. The lowest BCUT2D eigenvalue weighted by Crippen LogP contribution is -2.00. The summed E-state index contributed by atoms with van der Waals surface area (Å²) in [5.41, 5.74) is 0.520. The zero-order valence-corrected chi connectivity index (χ0v) is 11.6. The van der Waals surface area contributed by atoms with E-state index in [1.165, 1.54) is 17.1 Å². The van der Waals surface area contributed by atoms with Gasteiger partial charge in [0.1, 0.15) is 23.2 Å². The van der Waals surface area contributed by atoms with Crippen molar-refractivity contribution in [3.63, 3.8) is 0 Å². The number of hydrogen-bond acceptors (Lipinski definition) is 2. The predicted octanol–water partition coefficient (Wildman–Crippen LogP) is 3.97. The molecule has 3 aromatic rings. The van der Waals surface area contributed by atoms with Gasteiger partial charge >= 0.3 is 0 Å². The van der Waals surface area contributed by atoms with Gasteiger partial charge in [-0.3, -0.25) is 4.57 Å². The second kappa shape index (κ2) is 5.55. The SMILES string of the molecule is COc1ccc(-n2cncc2-c2c(F)cc(F)cc2F)cc1. The Kier molecular flexibility index (Phi) is 3.58. The van der Waals surface area contributed by atoms with Crippen LogP contribution in [0.25, 0.3) is 16.9 Å². The molecular weight excluding hydrogens is 293 g/mol. The quantitative estimate of drug-likeness (QED) is 0.732. The van der Waals surface area contributed by atoms with Crippen LogP contribution >= 0.6 is 0 Å². The molecule has 0 fully saturated rings. The van der Waals surface area contributed by atoms with Crippen LogP contribution in [-0.4, -0.2) is 16.7 Å². The van der Waals surface area contributed by atoms with Crippen LogP contribution < -0.4 is 4.74 Å². The zero-order valence-electron chi connectivity index (χ0n) is 11.6. The van der Waals surface area contributed by atoms with Gasteiger partial charge in [0.15, 0.2) is 0 Å². The first-order valence-corrected chi connectivity index (χ1v) is 6.42. The van der Waals surface area contributed by atoms with E-state index < -0.39 is 17.5 Å². The Morgan fingerprint density at radius 3 is 2.23 bits per heavy atom. The Bertz CT molecular complexity index is 790. The summed E-state index contributed by atoms with van der Waals surface area (Å²) >= 11 is 0. The van der Waals surface area contributed by atoms with Crippen molar-refractivity contribution in [2.24, 2.45) is 0 Å². The molecule has 1 aromatic heterocycles. The molecule has 0 spiro atoms. The van der Waals surface area contributed by atoms with E-state index in [-0.39, 0.29) is 11.3 Å². The summed E-state index contributed by atoms with van der Waals surface area (Å²) in [5.74, 6) is -2.26. The Hall–Kier alpha value is -2.76. The monoisotopic (exact) mass is 304 g/mol. The number of rotatable bonds is 3. The number of methoxy groups -OCH3 is 1. The lowest BCUT2D eigenvalue weighted by atomic mass is 10.1. The molecule has 2 aromatic carbocycles. The average molecular weight is 304 g/mol. The summed E-state index contributed by atoms with van der Waals surface area (Å²) in [6.07, 6.45) is 2.75. The smallest absolute Gasteiger partial charge is 0.138 e. The molecule has 22 heavy (non-hydrogen) atoms. The van der Waals surface area contributed by atoms with Crippen molar-refractivity contribution < 1.29 is 17.9 Å². The third-order valence-corrected chi connectivity index (χ3v) is 3.25. The highest BCUT2D eigenvalue weighted by molar-refractivity contribution is 5.63. The fourth-order valence-electron chi connectivity index (χ4n) is 2.22. The first kappa shape index (κ1) is 14.2. The van der Waals surface area contributed by atoms with Crippen LogP contribution in [0.2, 0.25) is 0 Å². The predicted molar refractivity (Wildman–Crippen MR) is 75.4 cm³/mol. The first-order chi connectivity index (χ1) is 10.6. The molecule has 112 valence electrons. The van der Waals surface area contributed by atoms with Gasteiger partial charge in [-0.1, -0.05) is 0 Å². The molecule has 0 bridgehead atoms. The van der Waals surface area contributed by atoms with Crippen LogP contribution in [0.15, 0.2) is 48.9 Å². The molecular formula is C16H11F3N2O. The van der Waals surface area contributed by atoms with E-state index >= 15 is 0 Å². The van der Waals surface area contributed by atoms with Gasteiger partial charge in [-0.15, -0.1) is 0 Å². The van der Waals surface area contributed by atoms with E-state index in [0.29, 0.717) is 23.6 Å². The molecule has 0 saturated heterocycles. The maximum absolute atomic E-state index is 13.9. The van der Waals surface area contributed by atoms with Crippen LogP contribution in [0.3, 0.4) is 0 Å². The van der Waals surface area contributed by atoms with Gasteiger partial charge in [0.05, 0.1) is 30.9 Å². The van der Waals surface area contributed by atoms with E-state index in [4.69, 9.17) is 4.74 Å². The summed E-state index contributed by atoms with van der Waals surface area (Å²) < 4.78 is 47.5. The molecule has 0 atom stereocenters. The largest absolute Gasteiger partial charge is 0.497 e. The standard InChI is InChI=1S/C16H11F3N2O/c1-22-12-4-2-11(3-5-12)21-9-20-8-15(21)16-13(18)6-10(17)7-14(16)19/h2-9H,1H3. The number of halogens is 3. The van der Waals surface area contributed by atoms with Crippen molar-refractivity contribution in [3.05, 3.63) is 66.4 Å². The normalized spacial score (nSPS) is 10.7. The number of hydrogen-bond donors (Lipinski definition) is 0. The molecule has 0 aliphatic rings. The third-order valence-electron chi connectivity index (χ3n) is 3.25. The van der Waals surface area contributed by atoms with Gasteiger partial charge in [0.25, 0.3) is 0 Å². The van der Waals surface area contributed by atoms with Crippen molar-refractivity contribution in [3.8, 4) is 22.7 Å². The summed E-state index contributed by atoms with van der Waals surface area (Å²) in [6.45, 7) is 0. The molecule has 1 heterocycles. The Morgan fingerprint density at radius 2 is 1.64 bits per heavy atom. The minimum absolute atomic E-state index is 0.195. The molecule has 6 heteroatoms. The van der Waals surface area contributed by atoms with Crippen LogP contribution in [0.1, 0.15) is 0 Å². The van der Waals surface area contributed by atoms with Gasteiger partial charge in [-0.2, -0.15) is 0 Å². The van der Waals surface area contributed by atoms with Crippen molar-refractivity contribution >= 4 is 0 Å². The van der Waals surface area contributed by atoms with Crippen molar-refractivity contribution in [1.29, 1.82) is 0 Å². The van der Waals surface area contributed by atoms with Crippen LogP contribution in [0, 0.1) is 17.5 Å². The molecule has 0 unspecified atom stereocenters. The maximum atomic E-state index is 13.9. The van der Waals surface area contributed by atoms with Crippen LogP contribution in [0.5, 0.6) is 5.75 Å². The Balaban J connectivity index is 2.13. The highest BCUT2D eigenvalue weighted by Crippen LogP contribution is 2.29. The molecule has 0 saturated carbocycles. The fraction of sp³-hybridized carbons (Fsp3) is 0.0625. The second-order valence-electron chi connectivity index (χ2n) is 4.59. The lowest BCUT2D eigenvalue weighted by Gasteiger charge is -2.10. The molecule has 0 aliphatic heterocycles. The van der Waals surface area contributed by atoms with Gasteiger partial charge in [0.2, 0.25) is 0 Å².